The summed E-state index contributed by atoms with van der Waals surface area (Å²) in [4.78, 5) is 30.6. The molecule has 0 bridgehead atoms. The monoisotopic (exact) mass is 488 g/mol. The van der Waals surface area contributed by atoms with E-state index in [0.717, 1.165) is 53.5 Å². The quantitative estimate of drug-likeness (QED) is 0.274. The van der Waals surface area contributed by atoms with Gasteiger partial charge in [-0.1, -0.05) is 51.1 Å². The number of carbonyl (C=O) groups is 1. The molecule has 3 aromatic rings. The van der Waals surface area contributed by atoms with Crippen LogP contribution < -0.4 is 15.4 Å². The second-order valence-corrected chi connectivity index (χ2v) is 11.1. The fourth-order valence-electron chi connectivity index (χ4n) is 5.75. The van der Waals surface area contributed by atoms with Crippen LogP contribution >= 0.6 is 0 Å². The van der Waals surface area contributed by atoms with Crippen molar-refractivity contribution in [2.24, 2.45) is 15.8 Å². The minimum atomic E-state index is -0.175. The van der Waals surface area contributed by atoms with E-state index in [-0.39, 0.29) is 22.9 Å². The van der Waals surface area contributed by atoms with Crippen molar-refractivity contribution in [1.29, 1.82) is 0 Å². The van der Waals surface area contributed by atoms with Crippen LogP contribution in [-0.4, -0.2) is 36.2 Å². The van der Waals surface area contributed by atoms with E-state index in [1.807, 2.05) is 48.7 Å². The Hall–Kier alpha value is -3.57. The molecule has 0 radical (unpaired) electrons. The van der Waals surface area contributed by atoms with Crippen LogP contribution in [0, 0.1) is 10.8 Å². The van der Waals surface area contributed by atoms with Gasteiger partial charge in [-0.15, -0.1) is 0 Å². The van der Waals surface area contributed by atoms with Gasteiger partial charge in [0.25, 0.3) is 0 Å². The lowest BCUT2D eigenvalue weighted by atomic mass is 9.63. The van der Waals surface area contributed by atoms with Gasteiger partial charge < -0.3 is 20.4 Å². The predicted molar refractivity (Wildman–Crippen MR) is 142 cm³/mol. The molecule has 7 heteroatoms. The lowest BCUT2D eigenvalue weighted by molar-refractivity contribution is 0.0850. The molecule has 0 spiro atoms. The Kier molecular flexibility index (Phi) is 7.80. The predicted octanol–water partition coefficient (Wildman–Crippen LogP) is 5.51. The van der Waals surface area contributed by atoms with E-state index in [1.165, 1.54) is 0 Å². The van der Waals surface area contributed by atoms with E-state index in [1.54, 1.807) is 6.08 Å². The summed E-state index contributed by atoms with van der Waals surface area (Å²) in [6.45, 7) is 8.15. The molecule has 0 aliphatic heterocycles. The van der Waals surface area contributed by atoms with Crippen LogP contribution in [0.2, 0.25) is 0 Å². The van der Waals surface area contributed by atoms with Gasteiger partial charge in [0.05, 0.1) is 6.04 Å². The third-order valence-electron chi connectivity index (χ3n) is 7.00. The van der Waals surface area contributed by atoms with Gasteiger partial charge in [-0.25, -0.2) is 14.6 Å². The number of nitrogens with one attached hydrogen (secondary N) is 3. The number of aromatic nitrogens is 1. The molecule has 2 aromatic carbocycles. The molecule has 1 fully saturated rings. The number of rotatable bonds is 9. The van der Waals surface area contributed by atoms with Crippen molar-refractivity contribution in [2.75, 3.05) is 13.1 Å². The molecule has 0 saturated heterocycles. The molecule has 1 aromatic heterocycles. The van der Waals surface area contributed by atoms with Crippen LogP contribution in [0.4, 0.5) is 4.79 Å². The number of isocyanates is 1. The first-order chi connectivity index (χ1) is 17.3. The standard InChI is InChI=1S/C29H36N4O3/c1-28(2)14-23(33-20-34)15-29(3,18-28)19-32-27(35)30-12-11-22-16-31-26-13-24(9-10-25(22)26)36-17-21-7-5-4-6-8-21/h4-10,13,16,23,31H,11-12,14-15,17-19H2,1-3H3,(H2,30,32,35). The third kappa shape index (κ3) is 6.76. The number of carbonyl (C=O) groups excluding carboxylic acids is 2. The van der Waals surface area contributed by atoms with E-state index in [0.29, 0.717) is 19.7 Å². The van der Waals surface area contributed by atoms with Gasteiger partial charge in [0.2, 0.25) is 6.08 Å². The SMILES string of the molecule is CC1(C)CC(N=C=O)CC(C)(CNC(=O)NCCc2c[nH]c3cc(OCc4ccccc4)ccc23)C1. The molecule has 1 aliphatic carbocycles. The first-order valence-corrected chi connectivity index (χ1v) is 12.6. The Morgan fingerprint density at radius 1 is 1.14 bits per heavy atom. The number of aliphatic imine (C=N–C) groups is 1. The van der Waals surface area contributed by atoms with Crippen molar-refractivity contribution in [1.82, 2.24) is 15.6 Å². The molecule has 3 N–H and O–H groups in total. The summed E-state index contributed by atoms with van der Waals surface area (Å²) in [5.74, 6) is 0.817. The molecule has 7 nitrogen and oxygen atoms in total. The Morgan fingerprint density at radius 2 is 1.94 bits per heavy atom. The second-order valence-electron chi connectivity index (χ2n) is 11.1. The Labute approximate surface area is 212 Å². The molecule has 2 unspecified atom stereocenters. The van der Waals surface area contributed by atoms with Crippen molar-refractivity contribution < 1.29 is 14.3 Å². The summed E-state index contributed by atoms with van der Waals surface area (Å²) < 4.78 is 5.93. The van der Waals surface area contributed by atoms with Crippen LogP contribution in [0.1, 0.15) is 51.2 Å². The normalized spacial score (nSPS) is 20.9. The van der Waals surface area contributed by atoms with Crippen molar-refractivity contribution in [3.63, 3.8) is 0 Å². The van der Waals surface area contributed by atoms with Crippen LogP contribution in [-0.2, 0) is 17.8 Å². The second kappa shape index (κ2) is 11.0. The number of aromatic amines is 1. The number of urea groups is 1. The zero-order chi connectivity index (χ0) is 25.6. The van der Waals surface area contributed by atoms with Gasteiger partial charge >= 0.3 is 6.03 Å². The maximum atomic E-state index is 12.5. The molecule has 2 atom stereocenters. The minimum Gasteiger partial charge on any atom is -0.489 e. The molecule has 2 amide bonds. The summed E-state index contributed by atoms with van der Waals surface area (Å²) in [5.41, 5.74) is 3.25. The van der Waals surface area contributed by atoms with Gasteiger partial charge in [0.1, 0.15) is 12.4 Å². The van der Waals surface area contributed by atoms with E-state index in [9.17, 15) is 9.59 Å². The summed E-state index contributed by atoms with van der Waals surface area (Å²) in [6.07, 6.45) is 7.04. The van der Waals surface area contributed by atoms with Crippen LogP contribution in [0.25, 0.3) is 10.9 Å². The maximum Gasteiger partial charge on any atom is 0.314 e. The highest BCUT2D eigenvalue weighted by atomic mass is 16.5. The summed E-state index contributed by atoms with van der Waals surface area (Å²) in [6, 6.07) is 15.9. The Balaban J connectivity index is 1.25. The topological polar surface area (TPSA) is 95.6 Å². The van der Waals surface area contributed by atoms with Crippen LogP contribution in [0.15, 0.2) is 59.7 Å². The summed E-state index contributed by atoms with van der Waals surface area (Å²) in [7, 11) is 0. The molecule has 190 valence electrons. The molecule has 36 heavy (non-hydrogen) atoms. The van der Waals surface area contributed by atoms with Gasteiger partial charge in [-0.3, -0.25) is 0 Å². The Morgan fingerprint density at radius 3 is 2.72 bits per heavy atom. The van der Waals surface area contributed by atoms with Gasteiger partial charge in [-0.05, 0) is 59.8 Å². The first kappa shape index (κ1) is 25.5. The fourth-order valence-corrected chi connectivity index (χ4v) is 5.75. The number of amides is 2. The summed E-state index contributed by atoms with van der Waals surface area (Å²) >= 11 is 0. The molecule has 1 heterocycles. The molecular formula is C29H36N4O3. The third-order valence-corrected chi connectivity index (χ3v) is 7.00. The number of fused-ring (bicyclic) bond motifs is 1. The Bertz CT molecular complexity index is 1230. The first-order valence-electron chi connectivity index (χ1n) is 12.6. The van der Waals surface area contributed by atoms with Crippen molar-refractivity contribution in [3.8, 4) is 5.75 Å². The highest BCUT2D eigenvalue weighted by Gasteiger charge is 2.41. The van der Waals surface area contributed by atoms with Gasteiger partial charge in [-0.2, -0.15) is 0 Å². The largest absolute Gasteiger partial charge is 0.489 e. The van der Waals surface area contributed by atoms with E-state index in [4.69, 9.17) is 4.74 Å². The number of hydrogen-bond acceptors (Lipinski definition) is 4. The molecular weight excluding hydrogens is 452 g/mol. The van der Waals surface area contributed by atoms with Gasteiger partial charge in [0.15, 0.2) is 0 Å². The average Bonchev–Trinajstić information content (AvgIpc) is 3.23. The lowest BCUT2D eigenvalue weighted by Gasteiger charge is -2.45. The van der Waals surface area contributed by atoms with E-state index < -0.39 is 0 Å². The summed E-state index contributed by atoms with van der Waals surface area (Å²) in [5, 5.41) is 7.13. The van der Waals surface area contributed by atoms with E-state index >= 15 is 0 Å². The average molecular weight is 489 g/mol. The number of hydrogen-bond donors (Lipinski definition) is 3. The molecule has 4 rings (SSSR count). The van der Waals surface area contributed by atoms with Crippen LogP contribution in [0.5, 0.6) is 5.75 Å². The fraction of sp³-hybridized carbons (Fsp3) is 0.448. The zero-order valence-electron chi connectivity index (χ0n) is 21.4. The molecule has 1 saturated carbocycles. The maximum absolute atomic E-state index is 12.5. The zero-order valence-corrected chi connectivity index (χ0v) is 21.4. The number of ether oxygens (including phenoxy) is 1. The molecule has 1 aliphatic rings. The lowest BCUT2D eigenvalue weighted by Crippen LogP contribution is -2.47. The van der Waals surface area contributed by atoms with Crippen molar-refractivity contribution >= 4 is 23.0 Å². The highest BCUT2D eigenvalue weighted by Crippen LogP contribution is 2.46. The van der Waals surface area contributed by atoms with Gasteiger partial charge in [0, 0.05) is 36.3 Å². The smallest absolute Gasteiger partial charge is 0.314 e. The van der Waals surface area contributed by atoms with Crippen LogP contribution in [0.3, 0.4) is 0 Å². The highest BCUT2D eigenvalue weighted by molar-refractivity contribution is 5.84. The van der Waals surface area contributed by atoms with E-state index in [2.05, 4.69) is 47.4 Å². The van der Waals surface area contributed by atoms with Crippen molar-refractivity contribution in [2.45, 2.75) is 59.1 Å². The number of H-pyrrole nitrogens is 1. The minimum absolute atomic E-state index is 0.0350. The van der Waals surface area contributed by atoms with Crippen molar-refractivity contribution in [3.05, 3.63) is 65.9 Å². The number of benzene rings is 2. The number of nitrogens with zero attached hydrogens (tertiary/aromatic N) is 1.